The molecule has 0 radical (unpaired) electrons. The van der Waals surface area contributed by atoms with E-state index in [0.29, 0.717) is 13.0 Å². The number of alkyl halides is 2. The molecule has 1 saturated heterocycles. The minimum atomic E-state index is -2.38. The van der Waals surface area contributed by atoms with Crippen LogP contribution in [0.4, 0.5) is 8.78 Å². The number of rotatable bonds is 1. The zero-order chi connectivity index (χ0) is 7.56. The second-order valence-electron chi connectivity index (χ2n) is 2.24. The molecule has 0 aromatic rings. The van der Waals surface area contributed by atoms with E-state index in [4.69, 9.17) is 9.47 Å². The predicted molar refractivity (Wildman–Crippen MR) is 30.9 cm³/mol. The van der Waals surface area contributed by atoms with Crippen molar-refractivity contribution in [2.75, 3.05) is 6.61 Å². The summed E-state index contributed by atoms with van der Waals surface area (Å²) < 4.78 is 33.5. The van der Waals surface area contributed by atoms with Crippen LogP contribution in [0.5, 0.6) is 0 Å². The first-order valence-electron chi connectivity index (χ1n) is 3.25. The average molecular weight is 152 g/mol. The van der Waals surface area contributed by atoms with Gasteiger partial charge in [0.25, 0.3) is 6.43 Å². The molecule has 2 unspecified atom stereocenters. The third kappa shape index (κ3) is 1.88. The largest absolute Gasteiger partial charge is 0.353 e. The highest BCUT2D eigenvalue weighted by atomic mass is 19.3. The van der Waals surface area contributed by atoms with Gasteiger partial charge < -0.3 is 9.47 Å². The van der Waals surface area contributed by atoms with E-state index in [0.717, 1.165) is 0 Å². The molecule has 1 heterocycles. The van der Waals surface area contributed by atoms with Crippen LogP contribution >= 0.6 is 0 Å². The van der Waals surface area contributed by atoms with Crippen LogP contribution in [0.25, 0.3) is 0 Å². The van der Waals surface area contributed by atoms with Crippen LogP contribution < -0.4 is 0 Å². The first kappa shape index (κ1) is 7.88. The third-order valence-electron chi connectivity index (χ3n) is 1.40. The molecular weight excluding hydrogens is 142 g/mol. The Kier molecular flexibility index (Phi) is 2.56. The molecular formula is C6H10F2O2. The minimum absolute atomic E-state index is 0.294. The van der Waals surface area contributed by atoms with E-state index in [1.54, 1.807) is 6.92 Å². The molecule has 1 aliphatic heterocycles. The number of halogens is 2. The monoisotopic (exact) mass is 152 g/mol. The lowest BCUT2D eigenvalue weighted by atomic mass is 10.2. The van der Waals surface area contributed by atoms with Crippen molar-refractivity contribution >= 4 is 0 Å². The van der Waals surface area contributed by atoms with Gasteiger partial charge in [-0.25, -0.2) is 8.78 Å². The zero-order valence-electron chi connectivity index (χ0n) is 5.72. The Morgan fingerprint density at radius 2 is 2.20 bits per heavy atom. The maximum Gasteiger partial charge on any atom is 0.264 e. The van der Waals surface area contributed by atoms with Gasteiger partial charge >= 0.3 is 0 Å². The standard InChI is InChI=1S/C6H10F2O2/c1-4-9-3-2-5(10-4)6(7)8/h4-6H,2-3H2,1H3. The van der Waals surface area contributed by atoms with Crippen molar-refractivity contribution in [1.82, 2.24) is 0 Å². The van der Waals surface area contributed by atoms with Crippen LogP contribution in [-0.2, 0) is 9.47 Å². The predicted octanol–water partition coefficient (Wildman–Crippen LogP) is 1.40. The topological polar surface area (TPSA) is 18.5 Å². The highest BCUT2D eigenvalue weighted by Crippen LogP contribution is 2.17. The van der Waals surface area contributed by atoms with Gasteiger partial charge in [0, 0.05) is 6.42 Å². The maximum atomic E-state index is 11.9. The van der Waals surface area contributed by atoms with E-state index in [2.05, 4.69) is 0 Å². The molecule has 0 N–H and O–H groups in total. The molecule has 1 aliphatic rings. The average Bonchev–Trinajstić information content (AvgIpc) is 1.88. The highest BCUT2D eigenvalue weighted by Gasteiger charge is 2.27. The lowest BCUT2D eigenvalue weighted by Gasteiger charge is -2.27. The van der Waals surface area contributed by atoms with Crippen LogP contribution in [0.15, 0.2) is 0 Å². The van der Waals surface area contributed by atoms with E-state index < -0.39 is 18.8 Å². The minimum Gasteiger partial charge on any atom is -0.353 e. The first-order chi connectivity index (χ1) is 4.70. The van der Waals surface area contributed by atoms with Crippen molar-refractivity contribution in [3.63, 3.8) is 0 Å². The Bertz CT molecular complexity index is 108. The fraction of sp³-hybridized carbons (Fsp3) is 1.00. The molecule has 2 nitrogen and oxygen atoms in total. The van der Waals surface area contributed by atoms with Gasteiger partial charge in [-0.05, 0) is 6.92 Å². The summed E-state index contributed by atoms with van der Waals surface area (Å²) in [6.45, 7) is 1.99. The van der Waals surface area contributed by atoms with Crippen molar-refractivity contribution in [3.8, 4) is 0 Å². The summed E-state index contributed by atoms with van der Waals surface area (Å²) in [6, 6.07) is 0. The van der Waals surface area contributed by atoms with Gasteiger partial charge in [-0.15, -0.1) is 0 Å². The molecule has 0 bridgehead atoms. The molecule has 0 aliphatic carbocycles. The Balaban J connectivity index is 2.32. The third-order valence-corrected chi connectivity index (χ3v) is 1.40. The zero-order valence-corrected chi connectivity index (χ0v) is 5.72. The summed E-state index contributed by atoms with van der Waals surface area (Å²) in [7, 11) is 0. The second-order valence-corrected chi connectivity index (χ2v) is 2.24. The van der Waals surface area contributed by atoms with Crippen LogP contribution in [0.2, 0.25) is 0 Å². The van der Waals surface area contributed by atoms with Gasteiger partial charge in [0.05, 0.1) is 6.61 Å². The first-order valence-corrected chi connectivity index (χ1v) is 3.25. The number of ether oxygens (including phenoxy) is 2. The van der Waals surface area contributed by atoms with Gasteiger partial charge in [-0.3, -0.25) is 0 Å². The molecule has 0 spiro atoms. The van der Waals surface area contributed by atoms with Crippen molar-refractivity contribution < 1.29 is 18.3 Å². The molecule has 0 aromatic carbocycles. The Labute approximate surface area is 58.1 Å². The summed E-state index contributed by atoms with van der Waals surface area (Å²) >= 11 is 0. The second kappa shape index (κ2) is 3.25. The maximum absolute atomic E-state index is 11.9. The molecule has 10 heavy (non-hydrogen) atoms. The molecule has 60 valence electrons. The van der Waals surface area contributed by atoms with Gasteiger partial charge in [0.15, 0.2) is 6.29 Å². The normalized spacial score (nSPS) is 34.8. The SMILES string of the molecule is CC1OCCC(C(F)F)O1. The van der Waals surface area contributed by atoms with Crippen molar-refractivity contribution in [1.29, 1.82) is 0 Å². The molecule has 1 fully saturated rings. The summed E-state index contributed by atoms with van der Waals surface area (Å²) in [5.74, 6) is 0. The van der Waals surface area contributed by atoms with Gasteiger partial charge in [0.2, 0.25) is 0 Å². The van der Waals surface area contributed by atoms with Crippen LogP contribution in [0.3, 0.4) is 0 Å². The van der Waals surface area contributed by atoms with Crippen LogP contribution in [-0.4, -0.2) is 25.4 Å². The Morgan fingerprint density at radius 3 is 2.60 bits per heavy atom. The molecule has 0 amide bonds. The quantitative estimate of drug-likeness (QED) is 0.565. The van der Waals surface area contributed by atoms with E-state index >= 15 is 0 Å². The Hall–Kier alpha value is -0.220. The van der Waals surface area contributed by atoms with E-state index in [1.165, 1.54) is 0 Å². The smallest absolute Gasteiger partial charge is 0.264 e. The summed E-state index contributed by atoms with van der Waals surface area (Å²) in [4.78, 5) is 0. The van der Waals surface area contributed by atoms with E-state index in [-0.39, 0.29) is 0 Å². The van der Waals surface area contributed by atoms with Crippen LogP contribution in [0, 0.1) is 0 Å². The number of hydrogen-bond donors (Lipinski definition) is 0. The summed E-state index contributed by atoms with van der Waals surface area (Å²) in [5, 5.41) is 0. The molecule has 2 atom stereocenters. The number of hydrogen-bond acceptors (Lipinski definition) is 2. The van der Waals surface area contributed by atoms with Gasteiger partial charge in [0.1, 0.15) is 6.10 Å². The summed E-state index contributed by atoms with van der Waals surface area (Å²) in [6.07, 6.45) is -3.50. The fourth-order valence-electron chi connectivity index (χ4n) is 0.889. The van der Waals surface area contributed by atoms with Gasteiger partial charge in [-0.2, -0.15) is 0 Å². The lowest BCUT2D eigenvalue weighted by Crippen LogP contribution is -2.34. The van der Waals surface area contributed by atoms with E-state index in [1.807, 2.05) is 0 Å². The fourth-order valence-corrected chi connectivity index (χ4v) is 0.889. The highest BCUT2D eigenvalue weighted by molar-refractivity contribution is 4.64. The molecule has 4 heteroatoms. The van der Waals surface area contributed by atoms with Gasteiger partial charge in [-0.1, -0.05) is 0 Å². The molecule has 1 rings (SSSR count). The Morgan fingerprint density at radius 1 is 1.50 bits per heavy atom. The lowest BCUT2D eigenvalue weighted by molar-refractivity contribution is -0.230. The van der Waals surface area contributed by atoms with E-state index in [9.17, 15) is 8.78 Å². The van der Waals surface area contributed by atoms with Crippen LogP contribution in [0.1, 0.15) is 13.3 Å². The van der Waals surface area contributed by atoms with Crippen molar-refractivity contribution in [2.45, 2.75) is 32.2 Å². The van der Waals surface area contributed by atoms with Crippen molar-refractivity contribution in [3.05, 3.63) is 0 Å². The molecule has 0 saturated carbocycles. The summed E-state index contributed by atoms with van der Waals surface area (Å²) in [5.41, 5.74) is 0. The van der Waals surface area contributed by atoms with Crippen molar-refractivity contribution in [2.24, 2.45) is 0 Å². The molecule has 0 aromatic heterocycles.